The summed E-state index contributed by atoms with van der Waals surface area (Å²) in [6.45, 7) is 2.68. The fourth-order valence-electron chi connectivity index (χ4n) is 3.79. The van der Waals surface area contributed by atoms with Crippen molar-refractivity contribution in [3.8, 4) is 0 Å². The van der Waals surface area contributed by atoms with Gasteiger partial charge in [-0.1, -0.05) is 110 Å². The number of unbranched alkanes of at least 4 members (excludes halogenated alkanes) is 16. The molecule has 0 aromatic carbocycles. The summed E-state index contributed by atoms with van der Waals surface area (Å²) in [6, 6.07) is 0. The van der Waals surface area contributed by atoms with Gasteiger partial charge in [-0.15, -0.1) is 0 Å². The van der Waals surface area contributed by atoms with Gasteiger partial charge in [-0.3, -0.25) is 14.1 Å². The molecule has 0 aliphatic rings. The van der Waals surface area contributed by atoms with Crippen molar-refractivity contribution in [3.05, 3.63) is 0 Å². The summed E-state index contributed by atoms with van der Waals surface area (Å²) in [7, 11) is -4.83. The van der Waals surface area contributed by atoms with E-state index >= 15 is 0 Å². The number of ether oxygens (including phenoxy) is 2. The average Bonchev–Trinajstić information content (AvgIpc) is 2.77. The molecule has 0 aliphatic carbocycles. The van der Waals surface area contributed by atoms with Gasteiger partial charge in [0.15, 0.2) is 5.25 Å². The molecule has 0 aromatic rings. The molecule has 0 bridgehead atoms. The molecule has 1 atom stereocenters. The predicted molar refractivity (Wildman–Crippen MR) is 136 cm³/mol. The van der Waals surface area contributed by atoms with Crippen molar-refractivity contribution in [1.82, 2.24) is 0 Å². The summed E-state index contributed by atoms with van der Waals surface area (Å²) in [5.41, 5.74) is 0. The van der Waals surface area contributed by atoms with E-state index in [0.29, 0.717) is 6.61 Å². The normalized spacial score (nSPS) is 11.8. The number of aliphatic carboxylic acids is 1. The molecule has 0 aliphatic heterocycles. The number of carboxylic acids is 1. The topological polar surface area (TPSA) is 127 Å². The van der Waals surface area contributed by atoms with Gasteiger partial charge < -0.3 is 17.4 Å². The molecular formula is C25H50Na2O8S. The van der Waals surface area contributed by atoms with Crippen LogP contribution in [0.5, 0.6) is 0 Å². The van der Waals surface area contributed by atoms with Gasteiger partial charge in [-0.2, -0.15) is 8.42 Å². The zero-order valence-corrected chi connectivity index (χ0v) is 28.0. The molecule has 0 saturated heterocycles. The Labute approximate surface area is 266 Å². The number of hydrogen-bond donors (Lipinski definition) is 2. The van der Waals surface area contributed by atoms with Gasteiger partial charge in [0.05, 0.1) is 13.0 Å². The minimum atomic E-state index is -4.83. The summed E-state index contributed by atoms with van der Waals surface area (Å²) < 4.78 is 41.2. The van der Waals surface area contributed by atoms with Crippen LogP contribution in [0.15, 0.2) is 0 Å². The van der Waals surface area contributed by atoms with Gasteiger partial charge in [-0.05, 0) is 6.42 Å². The Morgan fingerprint density at radius 3 is 1.44 bits per heavy atom. The molecule has 2 N–H and O–H groups in total. The third kappa shape index (κ3) is 27.8. The quantitative estimate of drug-likeness (QED) is 0.0705. The Hall–Kier alpha value is 0.810. The second kappa shape index (κ2) is 28.8. The molecule has 0 radical (unpaired) electrons. The van der Waals surface area contributed by atoms with Gasteiger partial charge in [-0.25, -0.2) is 0 Å². The third-order valence-electron chi connectivity index (χ3n) is 5.85. The van der Waals surface area contributed by atoms with E-state index in [1.165, 1.54) is 96.3 Å². The number of carbonyl (C=O) groups is 2. The summed E-state index contributed by atoms with van der Waals surface area (Å²) in [6.07, 6.45) is 21.1. The van der Waals surface area contributed by atoms with Crippen molar-refractivity contribution in [1.29, 1.82) is 0 Å². The second-order valence-corrected chi connectivity index (χ2v) is 10.6. The first-order chi connectivity index (χ1) is 16.3. The Balaban J connectivity index is -0.000000907. The molecule has 0 amide bonds. The van der Waals surface area contributed by atoms with Crippen LogP contribution >= 0.6 is 0 Å². The summed E-state index contributed by atoms with van der Waals surface area (Å²) >= 11 is 0. The Morgan fingerprint density at radius 1 is 0.694 bits per heavy atom. The molecular weight excluding hydrogens is 506 g/mol. The molecule has 1 unspecified atom stereocenters. The average molecular weight is 557 g/mol. The minimum Gasteiger partial charge on any atom is -1.00 e. The van der Waals surface area contributed by atoms with Crippen molar-refractivity contribution in [2.75, 3.05) is 19.8 Å². The molecule has 8 nitrogen and oxygen atoms in total. The first kappa shape index (κ1) is 41.3. The summed E-state index contributed by atoms with van der Waals surface area (Å²) in [4.78, 5) is 22.3. The van der Waals surface area contributed by atoms with Crippen LogP contribution in [0.2, 0.25) is 0 Å². The van der Waals surface area contributed by atoms with Crippen molar-refractivity contribution < 1.29 is 99.1 Å². The van der Waals surface area contributed by atoms with Crippen molar-refractivity contribution in [2.24, 2.45) is 0 Å². The predicted octanol–water partition coefficient (Wildman–Crippen LogP) is 0.162. The van der Waals surface area contributed by atoms with E-state index in [-0.39, 0.29) is 75.2 Å². The van der Waals surface area contributed by atoms with E-state index in [1.54, 1.807) is 0 Å². The Bertz CT molecular complexity index is 628. The first-order valence-electron chi connectivity index (χ1n) is 13.2. The van der Waals surface area contributed by atoms with E-state index in [4.69, 9.17) is 19.1 Å². The first-order valence-corrected chi connectivity index (χ1v) is 14.7. The van der Waals surface area contributed by atoms with Crippen LogP contribution in [0.3, 0.4) is 0 Å². The Kier molecular flexibility index (Phi) is 33.0. The SMILES string of the molecule is CCCCCCCCCCCCCCCCCCCOCCOC(=O)C(CC(=O)O)S(=O)(=O)O.[H-].[H-].[Na+].[Na+]. The molecule has 206 valence electrons. The van der Waals surface area contributed by atoms with Crippen LogP contribution in [0.1, 0.15) is 125 Å². The maximum absolute atomic E-state index is 11.6. The number of carboxylic acid groups (broad SMARTS) is 1. The van der Waals surface area contributed by atoms with Crippen LogP contribution in [-0.2, 0) is 29.2 Å². The zero-order valence-electron chi connectivity index (χ0n) is 25.2. The molecule has 0 fully saturated rings. The van der Waals surface area contributed by atoms with Crippen LogP contribution < -0.4 is 59.1 Å². The molecule has 0 saturated carbocycles. The smallest absolute Gasteiger partial charge is 1.00 e. The third-order valence-corrected chi connectivity index (χ3v) is 6.92. The number of carbonyl (C=O) groups excluding carboxylic acids is 1. The van der Waals surface area contributed by atoms with E-state index in [0.717, 1.165) is 12.8 Å². The number of hydrogen-bond acceptors (Lipinski definition) is 6. The minimum absolute atomic E-state index is 0. The van der Waals surface area contributed by atoms with E-state index < -0.39 is 33.7 Å². The molecule has 0 spiro atoms. The summed E-state index contributed by atoms with van der Waals surface area (Å²) in [5.74, 6) is -2.80. The zero-order chi connectivity index (χ0) is 25.5. The van der Waals surface area contributed by atoms with Crippen molar-refractivity contribution in [2.45, 2.75) is 128 Å². The van der Waals surface area contributed by atoms with Gasteiger partial charge in [0.1, 0.15) is 6.61 Å². The maximum atomic E-state index is 11.6. The number of rotatable bonds is 25. The van der Waals surface area contributed by atoms with Crippen molar-refractivity contribution in [3.63, 3.8) is 0 Å². The fourth-order valence-corrected chi connectivity index (χ4v) is 4.46. The standard InChI is InChI=1S/C25H48O8S.2Na.2H/c1-2-3-4-5-6-7-8-9-10-11-12-13-14-15-16-17-18-19-32-20-21-33-25(28)23(22-24(26)27)34(29,30)31;;;;/h23H,2-22H2,1H3,(H,26,27)(H,29,30,31);;;;/q;2*+1;2*-1. The van der Waals surface area contributed by atoms with Gasteiger partial charge in [0.25, 0.3) is 10.1 Å². The molecule has 0 aromatic heterocycles. The maximum Gasteiger partial charge on any atom is 1.00 e. The van der Waals surface area contributed by atoms with Crippen LogP contribution in [0, 0.1) is 0 Å². The molecule has 0 rings (SSSR count). The fraction of sp³-hybridized carbons (Fsp3) is 0.920. The van der Waals surface area contributed by atoms with E-state index in [1.807, 2.05) is 0 Å². The second-order valence-electron chi connectivity index (χ2n) is 9.04. The molecule has 11 heteroatoms. The molecule has 36 heavy (non-hydrogen) atoms. The van der Waals surface area contributed by atoms with Crippen LogP contribution in [-0.4, -0.2) is 55.1 Å². The monoisotopic (exact) mass is 556 g/mol. The van der Waals surface area contributed by atoms with E-state index in [9.17, 15) is 18.0 Å². The van der Waals surface area contributed by atoms with Crippen molar-refractivity contribution >= 4 is 22.1 Å². The van der Waals surface area contributed by atoms with Gasteiger partial charge in [0.2, 0.25) is 0 Å². The Morgan fingerprint density at radius 2 is 1.08 bits per heavy atom. The van der Waals surface area contributed by atoms with Crippen LogP contribution in [0.4, 0.5) is 0 Å². The van der Waals surface area contributed by atoms with Crippen LogP contribution in [0.25, 0.3) is 0 Å². The van der Waals surface area contributed by atoms with E-state index in [2.05, 4.69) is 6.92 Å². The van der Waals surface area contributed by atoms with Gasteiger partial charge in [0, 0.05) is 6.61 Å². The largest absolute Gasteiger partial charge is 1.00 e. The number of esters is 1. The van der Waals surface area contributed by atoms with Gasteiger partial charge >= 0.3 is 71.1 Å². The molecule has 0 heterocycles. The summed E-state index contributed by atoms with van der Waals surface area (Å²) in [5, 5.41) is 6.52.